The molecule has 0 amide bonds. The summed E-state index contributed by atoms with van der Waals surface area (Å²) in [6, 6.07) is 4.12. The van der Waals surface area contributed by atoms with Gasteiger partial charge in [0.1, 0.15) is 5.82 Å². The van der Waals surface area contributed by atoms with Gasteiger partial charge < -0.3 is 5.32 Å². The van der Waals surface area contributed by atoms with Crippen LogP contribution in [0.3, 0.4) is 0 Å². The molecule has 0 bridgehead atoms. The van der Waals surface area contributed by atoms with Crippen molar-refractivity contribution in [3.63, 3.8) is 0 Å². The standard InChI is InChI=1S/C9H8BrN3S/c10-8-2-1-7(14-8)5-13-9-6-11-3-4-12-9/h1-4,6H,5H2,(H,12,13). The molecule has 2 heterocycles. The summed E-state index contributed by atoms with van der Waals surface area (Å²) < 4.78 is 1.15. The average molecular weight is 270 g/mol. The number of nitrogens with one attached hydrogen (secondary N) is 1. The summed E-state index contributed by atoms with van der Waals surface area (Å²) in [6.07, 6.45) is 5.04. The number of rotatable bonds is 3. The molecular weight excluding hydrogens is 262 g/mol. The first-order chi connectivity index (χ1) is 6.84. The molecule has 0 aliphatic heterocycles. The van der Waals surface area contributed by atoms with Crippen molar-refractivity contribution < 1.29 is 0 Å². The number of hydrogen-bond donors (Lipinski definition) is 1. The van der Waals surface area contributed by atoms with Gasteiger partial charge in [-0.05, 0) is 28.1 Å². The molecule has 0 radical (unpaired) electrons. The molecule has 2 rings (SSSR count). The molecule has 0 unspecified atom stereocenters. The average Bonchev–Trinajstić information content (AvgIpc) is 2.63. The lowest BCUT2D eigenvalue weighted by molar-refractivity contribution is 1.11. The second-order valence-corrected chi connectivity index (χ2v) is 5.20. The lowest BCUT2D eigenvalue weighted by Crippen LogP contribution is -1.99. The molecule has 0 saturated heterocycles. The van der Waals surface area contributed by atoms with Crippen LogP contribution in [0.2, 0.25) is 0 Å². The molecule has 14 heavy (non-hydrogen) atoms. The number of aromatic nitrogens is 2. The highest BCUT2D eigenvalue weighted by atomic mass is 79.9. The zero-order valence-electron chi connectivity index (χ0n) is 7.27. The Balaban J connectivity index is 1.95. The first-order valence-corrected chi connectivity index (χ1v) is 5.69. The molecule has 3 nitrogen and oxygen atoms in total. The number of anilines is 1. The minimum absolute atomic E-state index is 0.787. The molecule has 0 spiro atoms. The first kappa shape index (κ1) is 9.61. The highest BCUT2D eigenvalue weighted by Crippen LogP contribution is 2.22. The van der Waals surface area contributed by atoms with Crippen molar-refractivity contribution in [3.8, 4) is 0 Å². The minimum atomic E-state index is 0.787. The number of hydrogen-bond acceptors (Lipinski definition) is 4. The van der Waals surface area contributed by atoms with Crippen molar-refractivity contribution >= 4 is 33.1 Å². The lowest BCUT2D eigenvalue weighted by atomic mass is 10.4. The second-order valence-electron chi connectivity index (χ2n) is 2.65. The van der Waals surface area contributed by atoms with Gasteiger partial charge in [0.15, 0.2) is 0 Å². The van der Waals surface area contributed by atoms with Crippen molar-refractivity contribution in [2.24, 2.45) is 0 Å². The van der Waals surface area contributed by atoms with Crippen molar-refractivity contribution in [2.45, 2.75) is 6.54 Å². The number of nitrogens with zero attached hydrogens (tertiary/aromatic N) is 2. The Morgan fingerprint density at radius 2 is 2.29 bits per heavy atom. The van der Waals surface area contributed by atoms with E-state index in [0.29, 0.717) is 0 Å². The molecule has 0 saturated carbocycles. The Kier molecular flexibility index (Phi) is 3.10. The molecular formula is C9H8BrN3S. The van der Waals surface area contributed by atoms with Crippen LogP contribution in [0.15, 0.2) is 34.5 Å². The summed E-state index contributed by atoms with van der Waals surface area (Å²) in [5, 5.41) is 3.19. The topological polar surface area (TPSA) is 37.8 Å². The smallest absolute Gasteiger partial charge is 0.144 e. The van der Waals surface area contributed by atoms with Gasteiger partial charge in [-0.3, -0.25) is 4.98 Å². The number of thiophene rings is 1. The fourth-order valence-corrected chi connectivity index (χ4v) is 2.44. The molecule has 5 heteroatoms. The van der Waals surface area contributed by atoms with Gasteiger partial charge in [-0.15, -0.1) is 11.3 Å². The van der Waals surface area contributed by atoms with Crippen LogP contribution >= 0.6 is 27.3 Å². The third kappa shape index (κ3) is 2.52. The Morgan fingerprint density at radius 1 is 1.36 bits per heavy atom. The minimum Gasteiger partial charge on any atom is -0.364 e. The van der Waals surface area contributed by atoms with E-state index in [9.17, 15) is 0 Å². The summed E-state index contributed by atoms with van der Waals surface area (Å²) in [7, 11) is 0. The van der Waals surface area contributed by atoms with E-state index < -0.39 is 0 Å². The van der Waals surface area contributed by atoms with Crippen molar-refractivity contribution in [1.82, 2.24) is 9.97 Å². The molecule has 72 valence electrons. The maximum absolute atomic E-state index is 4.12. The molecule has 0 atom stereocenters. The fraction of sp³-hybridized carbons (Fsp3) is 0.111. The maximum Gasteiger partial charge on any atom is 0.144 e. The highest BCUT2D eigenvalue weighted by Gasteiger charge is 1.97. The van der Waals surface area contributed by atoms with Crippen molar-refractivity contribution in [3.05, 3.63) is 39.4 Å². The van der Waals surface area contributed by atoms with Crippen LogP contribution in [0.25, 0.3) is 0 Å². The fourth-order valence-electron chi connectivity index (χ4n) is 1.01. The van der Waals surface area contributed by atoms with Gasteiger partial charge in [-0.2, -0.15) is 0 Å². The van der Waals surface area contributed by atoms with Crippen LogP contribution in [-0.2, 0) is 6.54 Å². The van der Waals surface area contributed by atoms with E-state index in [1.807, 2.05) is 6.07 Å². The Hall–Kier alpha value is -0.940. The summed E-state index contributed by atoms with van der Waals surface area (Å²) in [4.78, 5) is 9.36. The van der Waals surface area contributed by atoms with E-state index in [1.165, 1.54) is 4.88 Å². The monoisotopic (exact) mass is 269 g/mol. The normalized spacial score (nSPS) is 10.1. The second kappa shape index (κ2) is 4.52. The van der Waals surface area contributed by atoms with Crippen molar-refractivity contribution in [1.29, 1.82) is 0 Å². The zero-order valence-corrected chi connectivity index (χ0v) is 9.68. The van der Waals surface area contributed by atoms with E-state index >= 15 is 0 Å². The molecule has 0 aliphatic rings. The third-order valence-electron chi connectivity index (χ3n) is 1.64. The van der Waals surface area contributed by atoms with Gasteiger partial charge in [-0.1, -0.05) is 0 Å². The van der Waals surface area contributed by atoms with Crippen LogP contribution in [0, 0.1) is 0 Å². The largest absolute Gasteiger partial charge is 0.364 e. The maximum atomic E-state index is 4.12. The van der Waals surface area contributed by atoms with Crippen LogP contribution in [0.5, 0.6) is 0 Å². The Bertz CT molecular complexity index is 401. The highest BCUT2D eigenvalue weighted by molar-refractivity contribution is 9.11. The zero-order chi connectivity index (χ0) is 9.80. The SMILES string of the molecule is Brc1ccc(CNc2cnccn2)s1. The van der Waals surface area contributed by atoms with E-state index in [4.69, 9.17) is 0 Å². The molecule has 0 aromatic carbocycles. The predicted molar refractivity (Wildman–Crippen MR) is 61.4 cm³/mol. The van der Waals surface area contributed by atoms with Gasteiger partial charge in [0.05, 0.1) is 16.5 Å². The van der Waals surface area contributed by atoms with Gasteiger partial charge in [0.25, 0.3) is 0 Å². The summed E-state index contributed by atoms with van der Waals surface area (Å²) in [5.74, 6) is 0.803. The van der Waals surface area contributed by atoms with E-state index in [0.717, 1.165) is 16.1 Å². The predicted octanol–water partition coefficient (Wildman–Crippen LogP) is 2.91. The van der Waals surface area contributed by atoms with Gasteiger partial charge in [-0.25, -0.2) is 4.98 Å². The molecule has 2 aromatic heterocycles. The van der Waals surface area contributed by atoms with Gasteiger partial charge in [0.2, 0.25) is 0 Å². The number of halogens is 1. The van der Waals surface area contributed by atoms with Crippen LogP contribution < -0.4 is 5.32 Å². The van der Waals surface area contributed by atoms with E-state index in [1.54, 1.807) is 29.9 Å². The summed E-state index contributed by atoms with van der Waals surface area (Å²) in [5.41, 5.74) is 0. The van der Waals surface area contributed by atoms with Crippen LogP contribution in [-0.4, -0.2) is 9.97 Å². The quantitative estimate of drug-likeness (QED) is 0.931. The van der Waals surface area contributed by atoms with Gasteiger partial charge in [0, 0.05) is 17.3 Å². The molecule has 2 aromatic rings. The summed E-state index contributed by atoms with van der Waals surface area (Å²) >= 11 is 5.13. The molecule has 1 N–H and O–H groups in total. The Morgan fingerprint density at radius 3 is 2.93 bits per heavy atom. The molecule has 0 fully saturated rings. The molecule has 0 aliphatic carbocycles. The first-order valence-electron chi connectivity index (χ1n) is 4.09. The van der Waals surface area contributed by atoms with E-state index in [2.05, 4.69) is 37.3 Å². The van der Waals surface area contributed by atoms with Crippen LogP contribution in [0.4, 0.5) is 5.82 Å². The van der Waals surface area contributed by atoms with Crippen molar-refractivity contribution in [2.75, 3.05) is 5.32 Å². The Labute approximate surface area is 94.4 Å². The van der Waals surface area contributed by atoms with E-state index in [-0.39, 0.29) is 0 Å². The lowest BCUT2D eigenvalue weighted by Gasteiger charge is -2.01. The third-order valence-corrected chi connectivity index (χ3v) is 3.26. The van der Waals surface area contributed by atoms with Crippen LogP contribution in [0.1, 0.15) is 4.88 Å². The summed E-state index contributed by atoms with van der Waals surface area (Å²) in [6.45, 7) is 0.787. The van der Waals surface area contributed by atoms with Gasteiger partial charge >= 0.3 is 0 Å².